The van der Waals surface area contributed by atoms with Gasteiger partial charge in [0.1, 0.15) is 5.69 Å². The zero-order chi connectivity index (χ0) is 18.8. The minimum Gasteiger partial charge on any atom is -0.464 e. The molecule has 0 saturated carbocycles. The summed E-state index contributed by atoms with van der Waals surface area (Å²) in [6.45, 7) is 7.87. The molecule has 7 heteroatoms. The highest BCUT2D eigenvalue weighted by atomic mass is 35.5. The van der Waals surface area contributed by atoms with Gasteiger partial charge in [0.25, 0.3) is 0 Å². The third-order valence-electron chi connectivity index (χ3n) is 3.69. The molecule has 0 atom stereocenters. The van der Waals surface area contributed by atoms with Crippen molar-refractivity contribution in [3.63, 3.8) is 0 Å². The Bertz CT molecular complexity index is 806. The van der Waals surface area contributed by atoms with E-state index >= 15 is 0 Å². The number of esters is 1. The first-order valence-electron chi connectivity index (χ1n) is 7.77. The SMILES string of the molecule is COC(=O)c1[nH]c(C(C)(C)C)cc1NC(=O)Nc1ccc(C)c(Cl)c1. The Labute approximate surface area is 151 Å². The highest BCUT2D eigenvalue weighted by Crippen LogP contribution is 2.28. The summed E-state index contributed by atoms with van der Waals surface area (Å²) in [6.07, 6.45) is 0. The number of benzene rings is 1. The van der Waals surface area contributed by atoms with Crippen molar-refractivity contribution in [1.82, 2.24) is 4.98 Å². The summed E-state index contributed by atoms with van der Waals surface area (Å²) < 4.78 is 4.77. The van der Waals surface area contributed by atoms with E-state index in [9.17, 15) is 9.59 Å². The number of hydrogen-bond donors (Lipinski definition) is 3. The Hall–Kier alpha value is -2.47. The molecule has 1 aromatic carbocycles. The lowest BCUT2D eigenvalue weighted by atomic mass is 9.92. The minimum atomic E-state index is -0.552. The van der Waals surface area contributed by atoms with Crippen LogP contribution >= 0.6 is 11.6 Å². The van der Waals surface area contributed by atoms with Gasteiger partial charge < -0.3 is 20.4 Å². The van der Waals surface area contributed by atoms with Crippen LogP contribution in [0.1, 0.15) is 42.5 Å². The number of carbonyl (C=O) groups excluding carboxylic acids is 2. The second-order valence-corrected chi connectivity index (χ2v) is 7.16. The maximum Gasteiger partial charge on any atom is 0.356 e. The molecule has 2 aromatic rings. The number of aryl methyl sites for hydroxylation is 1. The number of aromatic amines is 1. The molecule has 0 radical (unpaired) electrons. The fraction of sp³-hybridized carbons (Fsp3) is 0.333. The number of ether oxygens (including phenoxy) is 1. The lowest BCUT2D eigenvalue weighted by Gasteiger charge is -2.15. The van der Waals surface area contributed by atoms with Gasteiger partial charge >= 0.3 is 12.0 Å². The van der Waals surface area contributed by atoms with Gasteiger partial charge in [-0.25, -0.2) is 9.59 Å². The number of H-pyrrole nitrogens is 1. The Balaban J connectivity index is 2.22. The van der Waals surface area contributed by atoms with E-state index in [0.717, 1.165) is 11.3 Å². The number of anilines is 2. The summed E-state index contributed by atoms with van der Waals surface area (Å²) in [6, 6.07) is 6.47. The highest BCUT2D eigenvalue weighted by Gasteiger charge is 2.23. The van der Waals surface area contributed by atoms with Gasteiger partial charge in [0.2, 0.25) is 0 Å². The van der Waals surface area contributed by atoms with Crippen LogP contribution in [0.4, 0.5) is 16.2 Å². The topological polar surface area (TPSA) is 83.2 Å². The molecule has 0 spiro atoms. The molecule has 0 aliphatic rings. The number of rotatable bonds is 3. The molecule has 0 unspecified atom stereocenters. The van der Waals surface area contributed by atoms with Crippen molar-refractivity contribution in [2.75, 3.05) is 17.7 Å². The van der Waals surface area contributed by atoms with E-state index in [1.807, 2.05) is 33.8 Å². The molecule has 0 fully saturated rings. The fourth-order valence-corrected chi connectivity index (χ4v) is 2.36. The molecule has 1 aromatic heterocycles. The summed E-state index contributed by atoms with van der Waals surface area (Å²) in [7, 11) is 1.29. The van der Waals surface area contributed by atoms with E-state index in [1.54, 1.807) is 18.2 Å². The Morgan fingerprint density at radius 2 is 1.84 bits per heavy atom. The quantitative estimate of drug-likeness (QED) is 0.691. The molecule has 25 heavy (non-hydrogen) atoms. The Morgan fingerprint density at radius 3 is 2.40 bits per heavy atom. The molecule has 2 rings (SSSR count). The van der Waals surface area contributed by atoms with Gasteiger partial charge in [-0.2, -0.15) is 0 Å². The van der Waals surface area contributed by atoms with E-state index < -0.39 is 12.0 Å². The standard InChI is InChI=1S/C18H22ClN3O3/c1-10-6-7-11(8-12(10)19)20-17(24)21-13-9-14(18(2,3)4)22-15(13)16(23)25-5/h6-9,22H,1-5H3,(H2,20,21,24). The van der Waals surface area contributed by atoms with Crippen molar-refractivity contribution in [2.45, 2.75) is 33.1 Å². The molecule has 1 heterocycles. The maximum absolute atomic E-state index is 12.3. The summed E-state index contributed by atoms with van der Waals surface area (Å²) >= 11 is 6.06. The van der Waals surface area contributed by atoms with Crippen molar-refractivity contribution in [3.05, 3.63) is 46.2 Å². The number of aromatic nitrogens is 1. The zero-order valence-electron chi connectivity index (χ0n) is 14.9. The average molecular weight is 364 g/mol. The number of urea groups is 1. The third kappa shape index (κ3) is 4.54. The molecular formula is C18H22ClN3O3. The van der Waals surface area contributed by atoms with Crippen molar-refractivity contribution >= 4 is 35.0 Å². The highest BCUT2D eigenvalue weighted by molar-refractivity contribution is 6.31. The lowest BCUT2D eigenvalue weighted by molar-refractivity contribution is 0.0595. The van der Waals surface area contributed by atoms with Crippen LogP contribution in [0.25, 0.3) is 0 Å². The Kier molecular flexibility index (Phi) is 5.42. The molecule has 0 aliphatic heterocycles. The summed E-state index contributed by atoms with van der Waals surface area (Å²) in [5, 5.41) is 5.93. The summed E-state index contributed by atoms with van der Waals surface area (Å²) in [5.41, 5.74) is 2.61. The molecule has 0 bridgehead atoms. The van der Waals surface area contributed by atoms with Crippen LogP contribution in [0.5, 0.6) is 0 Å². The normalized spacial score (nSPS) is 11.1. The molecular weight excluding hydrogens is 342 g/mol. The molecule has 134 valence electrons. The summed E-state index contributed by atoms with van der Waals surface area (Å²) in [4.78, 5) is 27.2. The van der Waals surface area contributed by atoms with Crippen LogP contribution in [0, 0.1) is 6.92 Å². The first kappa shape index (κ1) is 18.9. The van der Waals surface area contributed by atoms with E-state index in [2.05, 4.69) is 15.6 Å². The van der Waals surface area contributed by atoms with Crippen LogP contribution in [0.2, 0.25) is 5.02 Å². The molecule has 3 N–H and O–H groups in total. The average Bonchev–Trinajstić information content (AvgIpc) is 2.94. The zero-order valence-corrected chi connectivity index (χ0v) is 15.7. The smallest absolute Gasteiger partial charge is 0.356 e. The number of methoxy groups -OCH3 is 1. The van der Waals surface area contributed by atoms with E-state index in [1.165, 1.54) is 7.11 Å². The number of nitrogens with one attached hydrogen (secondary N) is 3. The predicted molar refractivity (Wildman–Crippen MR) is 99.7 cm³/mol. The molecule has 0 aliphatic carbocycles. The van der Waals surface area contributed by atoms with Gasteiger partial charge in [0, 0.05) is 21.8 Å². The monoisotopic (exact) mass is 363 g/mol. The van der Waals surface area contributed by atoms with Crippen LogP contribution < -0.4 is 10.6 Å². The first-order valence-corrected chi connectivity index (χ1v) is 8.15. The molecule has 0 saturated heterocycles. The van der Waals surface area contributed by atoms with Crippen LogP contribution in [0.3, 0.4) is 0 Å². The predicted octanol–water partition coefficient (Wildman–Crippen LogP) is 4.70. The molecule has 2 amide bonds. The van der Waals surface area contributed by atoms with Gasteiger partial charge in [-0.3, -0.25) is 0 Å². The molecule has 6 nitrogen and oxygen atoms in total. The van der Waals surface area contributed by atoms with E-state index in [0.29, 0.717) is 16.4 Å². The first-order chi connectivity index (χ1) is 11.6. The van der Waals surface area contributed by atoms with E-state index in [4.69, 9.17) is 16.3 Å². The van der Waals surface area contributed by atoms with Crippen molar-refractivity contribution in [3.8, 4) is 0 Å². The number of halogens is 1. The van der Waals surface area contributed by atoms with Gasteiger partial charge in [0.05, 0.1) is 12.8 Å². The Morgan fingerprint density at radius 1 is 1.16 bits per heavy atom. The number of hydrogen-bond acceptors (Lipinski definition) is 3. The van der Waals surface area contributed by atoms with Crippen molar-refractivity contribution in [2.24, 2.45) is 0 Å². The van der Waals surface area contributed by atoms with Gasteiger partial charge in [-0.15, -0.1) is 0 Å². The van der Waals surface area contributed by atoms with Crippen molar-refractivity contribution < 1.29 is 14.3 Å². The lowest BCUT2D eigenvalue weighted by Crippen LogP contribution is -2.20. The van der Waals surface area contributed by atoms with Gasteiger partial charge in [0.15, 0.2) is 0 Å². The van der Waals surface area contributed by atoms with Crippen molar-refractivity contribution in [1.29, 1.82) is 0 Å². The second-order valence-electron chi connectivity index (χ2n) is 6.76. The van der Waals surface area contributed by atoms with Gasteiger partial charge in [-0.1, -0.05) is 38.4 Å². The van der Waals surface area contributed by atoms with Gasteiger partial charge in [-0.05, 0) is 30.7 Å². The number of amides is 2. The van der Waals surface area contributed by atoms with E-state index in [-0.39, 0.29) is 11.1 Å². The maximum atomic E-state index is 12.3. The van der Waals surface area contributed by atoms with Crippen LogP contribution in [-0.4, -0.2) is 24.1 Å². The largest absolute Gasteiger partial charge is 0.464 e. The van der Waals surface area contributed by atoms with Crippen LogP contribution in [0.15, 0.2) is 24.3 Å². The fourth-order valence-electron chi connectivity index (χ4n) is 2.18. The number of carbonyl (C=O) groups is 2. The second kappa shape index (κ2) is 7.19. The summed E-state index contributed by atoms with van der Waals surface area (Å²) in [5.74, 6) is -0.552. The van der Waals surface area contributed by atoms with Crippen LogP contribution in [-0.2, 0) is 10.2 Å². The minimum absolute atomic E-state index is 0.199. The third-order valence-corrected chi connectivity index (χ3v) is 4.10.